The molecule has 0 unspecified atom stereocenters. The first-order chi connectivity index (χ1) is 18.9. The lowest BCUT2D eigenvalue weighted by molar-refractivity contribution is -0.137. The first kappa shape index (κ1) is 27.8. The zero-order valence-corrected chi connectivity index (χ0v) is 21.4. The van der Waals surface area contributed by atoms with Gasteiger partial charge in [0.05, 0.1) is 30.5 Å². The summed E-state index contributed by atoms with van der Waals surface area (Å²) in [5.41, 5.74) is -2.07. The number of rotatable bonds is 6. The third-order valence-corrected chi connectivity index (χ3v) is 8.06. The lowest BCUT2D eigenvalue weighted by atomic mass is 9.97. The van der Waals surface area contributed by atoms with E-state index in [1.807, 2.05) is 0 Å². The molecule has 2 aliphatic rings. The number of benzene rings is 2. The standard InChI is InChI=1S/C24H21F5N4O6S.H2/c1-37-20-9-16(13-6-14(24(27,28)29)8-15(25)7-13)17(26)10-19(20)33-18-2-4-32(11-21(18)38-12-23(33)34)40(35,36)31-22-3-5-39-30-22;/h3,5-10,18,21H,2,4,11-12H2,1H3,(H,30,31);1H/t18-,21-;/m1./s1. The van der Waals surface area contributed by atoms with Gasteiger partial charge in [-0.15, -0.1) is 0 Å². The quantitative estimate of drug-likeness (QED) is 0.431. The molecule has 216 valence electrons. The van der Waals surface area contributed by atoms with Crippen molar-refractivity contribution >= 4 is 27.6 Å². The molecule has 0 bridgehead atoms. The van der Waals surface area contributed by atoms with Crippen molar-refractivity contribution < 1.29 is 50.6 Å². The number of nitrogens with one attached hydrogen (secondary N) is 1. The number of carbonyl (C=O) groups is 1. The van der Waals surface area contributed by atoms with Crippen LogP contribution in [0, 0.1) is 11.6 Å². The molecule has 5 rings (SSSR count). The molecular formula is C24H23F5N4O6S. The van der Waals surface area contributed by atoms with Gasteiger partial charge in [0.25, 0.3) is 5.91 Å². The molecule has 1 N–H and O–H groups in total. The van der Waals surface area contributed by atoms with Gasteiger partial charge in [-0.2, -0.15) is 25.9 Å². The molecule has 1 amide bonds. The normalized spacial score (nSPS) is 20.4. The molecule has 0 aliphatic carbocycles. The van der Waals surface area contributed by atoms with Crippen LogP contribution in [0.1, 0.15) is 13.4 Å². The predicted molar refractivity (Wildman–Crippen MR) is 132 cm³/mol. The molecule has 40 heavy (non-hydrogen) atoms. The second-order valence-electron chi connectivity index (χ2n) is 9.05. The topological polar surface area (TPSA) is 114 Å². The van der Waals surface area contributed by atoms with E-state index < -0.39 is 58.2 Å². The van der Waals surface area contributed by atoms with Gasteiger partial charge in [-0.1, -0.05) is 5.16 Å². The van der Waals surface area contributed by atoms with Crippen molar-refractivity contribution in [2.45, 2.75) is 24.7 Å². The highest BCUT2D eigenvalue weighted by Gasteiger charge is 2.45. The van der Waals surface area contributed by atoms with Gasteiger partial charge in [0, 0.05) is 32.2 Å². The highest BCUT2D eigenvalue weighted by molar-refractivity contribution is 7.90. The fourth-order valence-corrected chi connectivity index (χ4v) is 5.97. The summed E-state index contributed by atoms with van der Waals surface area (Å²) in [4.78, 5) is 14.2. The fraction of sp³-hybridized carbons (Fsp3) is 0.333. The Morgan fingerprint density at radius 2 is 1.95 bits per heavy atom. The van der Waals surface area contributed by atoms with Crippen molar-refractivity contribution in [2.75, 3.05) is 36.4 Å². The van der Waals surface area contributed by atoms with Gasteiger partial charge in [-0.25, -0.2) is 8.78 Å². The third kappa shape index (κ3) is 5.33. The molecule has 10 nitrogen and oxygen atoms in total. The Morgan fingerprint density at radius 3 is 2.62 bits per heavy atom. The molecule has 2 aromatic carbocycles. The summed E-state index contributed by atoms with van der Waals surface area (Å²) < 4.78 is 114. The number of anilines is 2. The SMILES string of the molecule is COc1cc(-c2cc(F)cc(C(F)(F)F)c2)c(F)cc1N1C(=O)CO[C@@H]2CN(S(=O)(=O)Nc3ccon3)CC[C@H]21.[HH]. The van der Waals surface area contributed by atoms with E-state index in [0.717, 1.165) is 22.5 Å². The van der Waals surface area contributed by atoms with Crippen LogP contribution < -0.4 is 14.4 Å². The summed E-state index contributed by atoms with van der Waals surface area (Å²) >= 11 is 0. The second-order valence-corrected chi connectivity index (χ2v) is 10.7. The summed E-state index contributed by atoms with van der Waals surface area (Å²) in [6, 6.07) is 4.27. The van der Waals surface area contributed by atoms with E-state index >= 15 is 4.39 Å². The Labute approximate surface area is 225 Å². The molecule has 2 atom stereocenters. The second kappa shape index (κ2) is 10.3. The molecule has 3 heterocycles. The molecule has 2 aliphatic heterocycles. The average molecular weight is 591 g/mol. The number of morpholine rings is 1. The number of aromatic nitrogens is 1. The summed E-state index contributed by atoms with van der Waals surface area (Å²) in [6.07, 6.45) is -4.37. The molecule has 0 spiro atoms. The molecule has 2 saturated heterocycles. The van der Waals surface area contributed by atoms with E-state index in [0.29, 0.717) is 12.1 Å². The van der Waals surface area contributed by atoms with Gasteiger partial charge in [-0.3, -0.25) is 9.52 Å². The molecular weight excluding hydrogens is 567 g/mol. The van der Waals surface area contributed by atoms with E-state index in [9.17, 15) is 30.8 Å². The Hall–Kier alpha value is -3.76. The van der Waals surface area contributed by atoms with Gasteiger partial charge >= 0.3 is 16.4 Å². The van der Waals surface area contributed by atoms with Crippen molar-refractivity contribution in [3.8, 4) is 16.9 Å². The zero-order chi connectivity index (χ0) is 28.8. The number of ether oxygens (including phenoxy) is 2. The number of hydrogen-bond donors (Lipinski definition) is 1. The Kier molecular flexibility index (Phi) is 7.18. The van der Waals surface area contributed by atoms with Crippen molar-refractivity contribution in [3.05, 3.63) is 59.9 Å². The Morgan fingerprint density at radius 1 is 1.18 bits per heavy atom. The first-order valence-electron chi connectivity index (χ1n) is 11.7. The van der Waals surface area contributed by atoms with Crippen LogP contribution in [0.4, 0.5) is 33.5 Å². The Bertz CT molecular complexity index is 1540. The molecule has 2 fully saturated rings. The largest absolute Gasteiger partial charge is 0.495 e. The van der Waals surface area contributed by atoms with Crippen LogP contribution in [-0.4, -0.2) is 62.7 Å². The zero-order valence-electron chi connectivity index (χ0n) is 20.6. The highest BCUT2D eigenvalue weighted by atomic mass is 32.2. The average Bonchev–Trinajstić information content (AvgIpc) is 3.39. The van der Waals surface area contributed by atoms with Gasteiger partial charge < -0.3 is 18.9 Å². The van der Waals surface area contributed by atoms with E-state index in [1.165, 1.54) is 24.3 Å². The minimum Gasteiger partial charge on any atom is -0.495 e. The van der Waals surface area contributed by atoms with Gasteiger partial charge in [0.1, 0.15) is 30.3 Å². The third-order valence-electron chi connectivity index (χ3n) is 6.58. The van der Waals surface area contributed by atoms with Crippen LogP contribution in [0.15, 0.2) is 47.2 Å². The predicted octanol–water partition coefficient (Wildman–Crippen LogP) is 4.06. The Balaban J connectivity index is 0.00000387. The summed E-state index contributed by atoms with van der Waals surface area (Å²) in [5.74, 6) is -2.88. The molecule has 1 aromatic heterocycles. The number of hydrogen-bond acceptors (Lipinski definition) is 7. The van der Waals surface area contributed by atoms with E-state index in [2.05, 4.69) is 14.4 Å². The fourth-order valence-electron chi connectivity index (χ4n) is 4.79. The number of halogens is 5. The van der Waals surface area contributed by atoms with Crippen LogP contribution in [0.3, 0.4) is 0 Å². The number of amides is 1. The molecule has 16 heteroatoms. The first-order valence-corrected chi connectivity index (χ1v) is 13.2. The highest BCUT2D eigenvalue weighted by Crippen LogP contribution is 2.41. The molecule has 3 aromatic rings. The smallest absolute Gasteiger partial charge is 0.416 e. The van der Waals surface area contributed by atoms with Crippen molar-refractivity contribution in [1.29, 1.82) is 0 Å². The van der Waals surface area contributed by atoms with Crippen LogP contribution in [-0.2, 0) is 25.9 Å². The van der Waals surface area contributed by atoms with Crippen LogP contribution in [0.2, 0.25) is 0 Å². The van der Waals surface area contributed by atoms with E-state index in [1.54, 1.807) is 0 Å². The van der Waals surface area contributed by atoms with Crippen molar-refractivity contribution in [3.63, 3.8) is 0 Å². The van der Waals surface area contributed by atoms with Crippen LogP contribution in [0.25, 0.3) is 11.1 Å². The summed E-state index contributed by atoms with van der Waals surface area (Å²) in [6.45, 7) is -0.626. The monoisotopic (exact) mass is 590 g/mol. The minimum absolute atomic E-state index is 0. The molecule has 0 saturated carbocycles. The number of fused-ring (bicyclic) bond motifs is 1. The van der Waals surface area contributed by atoms with Gasteiger partial charge in [0.2, 0.25) is 0 Å². The maximum atomic E-state index is 15.4. The maximum absolute atomic E-state index is 15.4. The lowest BCUT2D eigenvalue weighted by Crippen LogP contribution is -2.62. The molecule has 0 radical (unpaired) electrons. The summed E-state index contributed by atoms with van der Waals surface area (Å²) in [7, 11) is -2.82. The summed E-state index contributed by atoms with van der Waals surface area (Å²) in [5, 5.41) is 3.52. The van der Waals surface area contributed by atoms with Crippen LogP contribution in [0.5, 0.6) is 5.75 Å². The van der Waals surface area contributed by atoms with Crippen LogP contribution >= 0.6 is 0 Å². The van der Waals surface area contributed by atoms with E-state index in [4.69, 9.17) is 9.47 Å². The number of nitrogens with zero attached hydrogens (tertiary/aromatic N) is 3. The van der Waals surface area contributed by atoms with Gasteiger partial charge in [0.15, 0.2) is 5.82 Å². The minimum atomic E-state index is -4.86. The van der Waals surface area contributed by atoms with E-state index in [-0.39, 0.29) is 49.3 Å². The van der Waals surface area contributed by atoms with Gasteiger partial charge in [-0.05, 0) is 36.2 Å². The lowest BCUT2D eigenvalue weighted by Gasteiger charge is -2.46. The maximum Gasteiger partial charge on any atom is 0.416 e. The number of carbonyl (C=O) groups excluding carboxylic acids is 1. The number of methoxy groups -OCH3 is 1. The number of piperidine rings is 1. The number of alkyl halides is 3. The van der Waals surface area contributed by atoms with Crippen molar-refractivity contribution in [2.24, 2.45) is 0 Å². The van der Waals surface area contributed by atoms with Crippen molar-refractivity contribution in [1.82, 2.24) is 9.46 Å².